The second-order valence-electron chi connectivity index (χ2n) is 5.60. The molecule has 0 unspecified atom stereocenters. The number of nitrogens with zero attached hydrogens (tertiary/aromatic N) is 1. The molecule has 0 bridgehead atoms. The fourth-order valence-electron chi connectivity index (χ4n) is 2.38. The Hall–Kier alpha value is -2.82. The highest BCUT2D eigenvalue weighted by Gasteiger charge is 2.22. The quantitative estimate of drug-likeness (QED) is 0.298. The SMILES string of the molecule is COC(=O)c1c(-c2ccc(Cl)cc2)csc1NC(=O)CSc1nc(O)cc(=O)[nH]1. The van der Waals surface area contributed by atoms with Gasteiger partial charge in [0.15, 0.2) is 5.16 Å². The van der Waals surface area contributed by atoms with Gasteiger partial charge in [-0.1, -0.05) is 35.5 Å². The summed E-state index contributed by atoms with van der Waals surface area (Å²) >= 11 is 8.04. The molecular weight excluding hydrogens is 438 g/mol. The van der Waals surface area contributed by atoms with E-state index < -0.39 is 23.3 Å². The number of anilines is 1. The number of benzene rings is 1. The molecule has 0 saturated heterocycles. The summed E-state index contributed by atoms with van der Waals surface area (Å²) < 4.78 is 4.87. The third kappa shape index (κ3) is 5.17. The number of methoxy groups -OCH3 is 1. The molecule has 0 spiro atoms. The Kier molecular flexibility index (Phi) is 6.57. The second kappa shape index (κ2) is 9.12. The van der Waals surface area contributed by atoms with Crippen molar-refractivity contribution in [3.8, 4) is 17.0 Å². The zero-order chi connectivity index (χ0) is 21.0. The van der Waals surface area contributed by atoms with E-state index >= 15 is 0 Å². The fraction of sp³-hybridized carbons (Fsp3) is 0.111. The van der Waals surface area contributed by atoms with E-state index in [1.165, 1.54) is 18.4 Å². The molecule has 0 atom stereocenters. The van der Waals surface area contributed by atoms with Gasteiger partial charge in [-0.15, -0.1) is 11.3 Å². The predicted molar refractivity (Wildman–Crippen MR) is 112 cm³/mol. The third-order valence-electron chi connectivity index (χ3n) is 3.64. The number of carbonyl (C=O) groups excluding carboxylic acids is 2. The Labute approximate surface area is 177 Å². The van der Waals surface area contributed by atoms with Crippen LogP contribution >= 0.6 is 34.7 Å². The first-order chi connectivity index (χ1) is 13.9. The van der Waals surface area contributed by atoms with E-state index in [-0.39, 0.29) is 16.5 Å². The van der Waals surface area contributed by atoms with Crippen LogP contribution in [0.3, 0.4) is 0 Å². The molecule has 0 fully saturated rings. The average Bonchev–Trinajstić information content (AvgIpc) is 3.09. The van der Waals surface area contributed by atoms with E-state index in [1.807, 2.05) is 0 Å². The Morgan fingerprint density at radius 2 is 2.07 bits per heavy atom. The highest BCUT2D eigenvalue weighted by molar-refractivity contribution is 7.99. The van der Waals surface area contributed by atoms with Gasteiger partial charge in [0.1, 0.15) is 10.6 Å². The number of hydrogen-bond donors (Lipinski definition) is 3. The number of rotatable bonds is 6. The number of H-pyrrole nitrogens is 1. The van der Waals surface area contributed by atoms with E-state index in [0.717, 1.165) is 23.4 Å². The lowest BCUT2D eigenvalue weighted by atomic mass is 10.0. The molecule has 29 heavy (non-hydrogen) atoms. The molecule has 1 aromatic carbocycles. The van der Waals surface area contributed by atoms with Crippen LogP contribution in [0.2, 0.25) is 5.02 Å². The fourth-order valence-corrected chi connectivity index (χ4v) is 4.15. The number of thioether (sulfide) groups is 1. The maximum absolute atomic E-state index is 12.3. The molecule has 11 heteroatoms. The highest BCUT2D eigenvalue weighted by atomic mass is 35.5. The zero-order valence-corrected chi connectivity index (χ0v) is 17.3. The molecule has 0 radical (unpaired) electrons. The number of halogens is 1. The maximum Gasteiger partial charge on any atom is 0.341 e. The van der Waals surface area contributed by atoms with Crippen molar-refractivity contribution in [2.24, 2.45) is 0 Å². The van der Waals surface area contributed by atoms with Crippen LogP contribution in [0, 0.1) is 0 Å². The van der Waals surface area contributed by atoms with Crippen molar-refractivity contribution in [2.75, 3.05) is 18.2 Å². The molecule has 3 N–H and O–H groups in total. The van der Waals surface area contributed by atoms with Gasteiger partial charge in [0.25, 0.3) is 5.56 Å². The number of nitrogens with one attached hydrogen (secondary N) is 2. The molecule has 2 heterocycles. The van der Waals surface area contributed by atoms with Gasteiger partial charge in [-0.2, -0.15) is 4.98 Å². The molecule has 2 aromatic heterocycles. The topological polar surface area (TPSA) is 121 Å². The standard InChI is InChI=1S/C18H14ClN3O5S2/c1-27-17(26)15-11(9-2-4-10(19)5-3-9)7-28-16(15)20-14(25)8-29-18-21-12(23)6-13(24)22-18/h2-7H,8H2,1H3,(H,20,25)(H2,21,22,23,24). The van der Waals surface area contributed by atoms with Crippen molar-refractivity contribution in [3.63, 3.8) is 0 Å². The zero-order valence-electron chi connectivity index (χ0n) is 14.9. The number of aromatic amines is 1. The maximum atomic E-state index is 12.3. The molecule has 150 valence electrons. The summed E-state index contributed by atoms with van der Waals surface area (Å²) in [5.74, 6) is -1.54. The van der Waals surface area contributed by atoms with Gasteiger partial charge in [-0.25, -0.2) is 4.79 Å². The van der Waals surface area contributed by atoms with Gasteiger partial charge in [-0.3, -0.25) is 9.59 Å². The normalized spacial score (nSPS) is 10.6. The van der Waals surface area contributed by atoms with Crippen LogP contribution < -0.4 is 10.9 Å². The van der Waals surface area contributed by atoms with E-state index in [4.69, 9.17) is 16.3 Å². The average molecular weight is 452 g/mol. The number of amides is 1. The minimum absolute atomic E-state index is 0.0960. The van der Waals surface area contributed by atoms with Crippen molar-refractivity contribution < 1.29 is 19.4 Å². The lowest BCUT2D eigenvalue weighted by molar-refractivity contribution is -0.113. The van der Waals surface area contributed by atoms with Crippen molar-refractivity contribution >= 4 is 51.6 Å². The first-order valence-corrected chi connectivity index (χ1v) is 10.3. The number of thiophene rings is 1. The molecule has 1 amide bonds. The second-order valence-corrected chi connectivity index (χ2v) is 7.88. The Bertz CT molecular complexity index is 1110. The van der Waals surface area contributed by atoms with Crippen molar-refractivity contribution in [1.29, 1.82) is 0 Å². The van der Waals surface area contributed by atoms with Crippen LogP contribution in [0.1, 0.15) is 10.4 Å². The lowest BCUT2D eigenvalue weighted by Crippen LogP contribution is -2.16. The summed E-state index contributed by atoms with van der Waals surface area (Å²) in [6, 6.07) is 7.86. The molecule has 8 nitrogen and oxygen atoms in total. The van der Waals surface area contributed by atoms with Crippen LogP contribution in [0.15, 0.2) is 45.7 Å². The Morgan fingerprint density at radius 1 is 1.34 bits per heavy atom. The molecule has 0 aliphatic heterocycles. The third-order valence-corrected chi connectivity index (χ3v) is 5.66. The van der Waals surface area contributed by atoms with Gasteiger partial charge in [0.2, 0.25) is 11.8 Å². The smallest absolute Gasteiger partial charge is 0.341 e. The van der Waals surface area contributed by atoms with Gasteiger partial charge in [0, 0.05) is 16.0 Å². The number of aromatic hydroxyl groups is 1. The van der Waals surface area contributed by atoms with Crippen LogP contribution in [0.25, 0.3) is 11.1 Å². The Morgan fingerprint density at radius 3 is 2.72 bits per heavy atom. The molecule has 0 aliphatic carbocycles. The predicted octanol–water partition coefficient (Wildman–Crippen LogP) is 3.37. The van der Waals surface area contributed by atoms with E-state index in [1.54, 1.807) is 29.6 Å². The van der Waals surface area contributed by atoms with E-state index in [2.05, 4.69) is 15.3 Å². The number of hydrogen-bond acceptors (Lipinski definition) is 8. The number of aromatic nitrogens is 2. The van der Waals surface area contributed by atoms with E-state index in [9.17, 15) is 19.5 Å². The number of carbonyl (C=O) groups is 2. The Balaban J connectivity index is 1.79. The van der Waals surface area contributed by atoms with Crippen molar-refractivity contribution in [1.82, 2.24) is 9.97 Å². The monoisotopic (exact) mass is 451 g/mol. The van der Waals surface area contributed by atoms with Gasteiger partial charge >= 0.3 is 5.97 Å². The van der Waals surface area contributed by atoms with E-state index in [0.29, 0.717) is 15.6 Å². The molecule has 0 aliphatic rings. The van der Waals surface area contributed by atoms with Crippen LogP contribution in [-0.2, 0) is 9.53 Å². The summed E-state index contributed by atoms with van der Waals surface area (Å²) in [6.45, 7) is 0. The van der Waals surface area contributed by atoms with Crippen LogP contribution in [0.4, 0.5) is 5.00 Å². The van der Waals surface area contributed by atoms with Crippen LogP contribution in [-0.4, -0.2) is 39.8 Å². The largest absolute Gasteiger partial charge is 0.493 e. The molecule has 0 saturated carbocycles. The first kappa shape index (κ1) is 20.9. The van der Waals surface area contributed by atoms with Crippen molar-refractivity contribution in [2.45, 2.75) is 5.16 Å². The lowest BCUT2D eigenvalue weighted by Gasteiger charge is -2.08. The van der Waals surface area contributed by atoms with Crippen LogP contribution in [0.5, 0.6) is 5.88 Å². The molecule has 3 rings (SSSR count). The summed E-state index contributed by atoms with van der Waals surface area (Å²) in [5.41, 5.74) is 1.07. The summed E-state index contributed by atoms with van der Waals surface area (Å²) in [4.78, 5) is 42.1. The summed E-state index contributed by atoms with van der Waals surface area (Å²) in [7, 11) is 1.26. The first-order valence-electron chi connectivity index (χ1n) is 8.06. The van der Waals surface area contributed by atoms with Crippen molar-refractivity contribution in [3.05, 3.63) is 56.7 Å². The highest BCUT2D eigenvalue weighted by Crippen LogP contribution is 2.36. The summed E-state index contributed by atoms with van der Waals surface area (Å²) in [6.07, 6.45) is 0. The number of esters is 1. The summed E-state index contributed by atoms with van der Waals surface area (Å²) in [5, 5.41) is 14.8. The van der Waals surface area contributed by atoms with Gasteiger partial charge < -0.3 is 20.1 Å². The molecule has 3 aromatic rings. The molecular formula is C18H14ClN3O5S2. The van der Waals surface area contributed by atoms with Gasteiger partial charge in [0.05, 0.1) is 18.9 Å². The number of ether oxygens (including phenoxy) is 1. The van der Waals surface area contributed by atoms with Gasteiger partial charge in [-0.05, 0) is 17.7 Å². The minimum atomic E-state index is -0.585. The minimum Gasteiger partial charge on any atom is -0.493 e.